The van der Waals surface area contributed by atoms with Crippen molar-refractivity contribution in [2.24, 2.45) is 0 Å². The highest BCUT2D eigenvalue weighted by molar-refractivity contribution is 6.01. The molecule has 0 saturated heterocycles. The van der Waals surface area contributed by atoms with E-state index in [0.717, 1.165) is 16.6 Å². The number of H-pyrrole nitrogens is 3. The molecule has 19 heavy (non-hydrogen) atoms. The number of fused-ring (bicyclic) bond motifs is 3. The number of aromatic nitrogens is 4. The van der Waals surface area contributed by atoms with E-state index in [1.165, 1.54) is 38.5 Å². The Balaban J connectivity index is 0.000000155. The highest BCUT2D eigenvalue weighted by Gasteiger charge is 2.05. The number of nitrogens with one attached hydrogen (secondary N) is 3. The summed E-state index contributed by atoms with van der Waals surface area (Å²) in [5, 5.41) is 6.86. The van der Waals surface area contributed by atoms with Crippen molar-refractivity contribution in [3.8, 4) is 0 Å². The molecule has 0 radical (unpaired) electrons. The minimum Gasteiger partial charge on any atom is -0.346 e. The molecule has 1 fully saturated rings. The molecule has 0 amide bonds. The van der Waals surface area contributed by atoms with Crippen LogP contribution in [0.3, 0.4) is 0 Å². The molecule has 0 spiro atoms. The molecule has 0 aromatic carbocycles. The quantitative estimate of drug-likeness (QED) is 0.579. The summed E-state index contributed by atoms with van der Waals surface area (Å²) < 4.78 is 0. The van der Waals surface area contributed by atoms with Crippen LogP contribution in [0.2, 0.25) is 0 Å². The molecule has 5 nitrogen and oxygen atoms in total. The highest BCUT2D eigenvalue weighted by atomic mass is 16.1. The molecule has 3 aromatic heterocycles. The third-order valence-electron chi connectivity index (χ3n) is 3.63. The summed E-state index contributed by atoms with van der Waals surface area (Å²) in [5.41, 5.74) is 1.45. The second kappa shape index (κ2) is 5.30. The summed E-state index contributed by atoms with van der Waals surface area (Å²) in [4.78, 5) is 18.3. The average Bonchev–Trinajstić information content (AvgIpc) is 3.08. The first-order valence-electron chi connectivity index (χ1n) is 6.89. The van der Waals surface area contributed by atoms with Gasteiger partial charge in [0.25, 0.3) is 5.56 Å². The summed E-state index contributed by atoms with van der Waals surface area (Å²) >= 11 is 0. The molecule has 1 aliphatic rings. The van der Waals surface area contributed by atoms with Gasteiger partial charge in [-0.1, -0.05) is 38.5 Å². The van der Waals surface area contributed by atoms with E-state index in [1.54, 1.807) is 12.4 Å². The smallest absolute Gasteiger partial charge is 0.273 e. The van der Waals surface area contributed by atoms with Crippen molar-refractivity contribution in [1.82, 2.24) is 20.2 Å². The molecule has 4 rings (SSSR count). The van der Waals surface area contributed by atoms with E-state index in [9.17, 15) is 4.79 Å². The van der Waals surface area contributed by atoms with Gasteiger partial charge in [-0.05, 0) is 6.07 Å². The van der Waals surface area contributed by atoms with Crippen LogP contribution in [0.1, 0.15) is 38.5 Å². The van der Waals surface area contributed by atoms with Crippen LogP contribution >= 0.6 is 0 Å². The maximum Gasteiger partial charge on any atom is 0.273 e. The van der Waals surface area contributed by atoms with E-state index >= 15 is 0 Å². The van der Waals surface area contributed by atoms with Crippen molar-refractivity contribution < 1.29 is 0 Å². The number of hydrogen-bond acceptors (Lipinski definition) is 2. The van der Waals surface area contributed by atoms with Gasteiger partial charge < -0.3 is 4.98 Å². The summed E-state index contributed by atoms with van der Waals surface area (Å²) in [7, 11) is 0. The van der Waals surface area contributed by atoms with Crippen LogP contribution in [0.4, 0.5) is 0 Å². The zero-order valence-corrected chi connectivity index (χ0v) is 10.8. The van der Waals surface area contributed by atoms with Crippen LogP contribution in [0.5, 0.6) is 0 Å². The molecule has 0 aliphatic heterocycles. The SMILES string of the molecule is C1CCCCC1.O=c1[nH][nH]c2c1cnc1[nH]ccc12. The van der Waals surface area contributed by atoms with Crippen LogP contribution in [0.25, 0.3) is 21.9 Å². The van der Waals surface area contributed by atoms with Crippen LogP contribution in [0, 0.1) is 0 Å². The van der Waals surface area contributed by atoms with Gasteiger partial charge >= 0.3 is 0 Å². The van der Waals surface area contributed by atoms with Crippen molar-refractivity contribution in [2.45, 2.75) is 38.5 Å². The van der Waals surface area contributed by atoms with E-state index < -0.39 is 0 Å². The summed E-state index contributed by atoms with van der Waals surface area (Å²) in [5.74, 6) is 0. The molecule has 3 aromatic rings. The van der Waals surface area contributed by atoms with E-state index in [0.29, 0.717) is 5.39 Å². The Morgan fingerprint density at radius 1 is 0.947 bits per heavy atom. The maximum atomic E-state index is 11.2. The van der Waals surface area contributed by atoms with Crippen LogP contribution in [0.15, 0.2) is 23.3 Å². The van der Waals surface area contributed by atoms with Crippen molar-refractivity contribution in [1.29, 1.82) is 0 Å². The van der Waals surface area contributed by atoms with Gasteiger partial charge in [0, 0.05) is 17.8 Å². The van der Waals surface area contributed by atoms with E-state index in [4.69, 9.17) is 0 Å². The second-order valence-corrected chi connectivity index (χ2v) is 4.99. The van der Waals surface area contributed by atoms with Crippen molar-refractivity contribution >= 4 is 21.9 Å². The van der Waals surface area contributed by atoms with Gasteiger partial charge in [0.2, 0.25) is 0 Å². The summed E-state index contributed by atoms with van der Waals surface area (Å²) in [6.07, 6.45) is 12.4. The average molecular weight is 258 g/mol. The lowest BCUT2D eigenvalue weighted by molar-refractivity contribution is 0.504. The fraction of sp³-hybridized carbons (Fsp3) is 0.429. The van der Waals surface area contributed by atoms with E-state index in [1.807, 2.05) is 6.07 Å². The lowest BCUT2D eigenvalue weighted by Gasteiger charge is -2.05. The molecular weight excluding hydrogens is 240 g/mol. The van der Waals surface area contributed by atoms with E-state index in [-0.39, 0.29) is 5.56 Å². The van der Waals surface area contributed by atoms with Gasteiger partial charge in [0.05, 0.1) is 10.9 Å². The second-order valence-electron chi connectivity index (χ2n) is 4.99. The third kappa shape index (κ3) is 2.41. The lowest BCUT2D eigenvalue weighted by atomic mass is 10.0. The van der Waals surface area contributed by atoms with Crippen molar-refractivity contribution in [3.63, 3.8) is 0 Å². The van der Waals surface area contributed by atoms with E-state index in [2.05, 4.69) is 20.2 Å². The standard InChI is InChI=1S/C8H6N4O.C6H12/c13-8-5-3-10-7-4(1-2-9-7)6(5)11-12-8;1-2-4-6-5-3-1/h1-3H,(H,9,10)(H2,11,12,13);1-6H2. The Bertz CT molecular complexity index is 706. The van der Waals surface area contributed by atoms with Crippen molar-refractivity contribution in [2.75, 3.05) is 0 Å². The van der Waals surface area contributed by atoms with Crippen LogP contribution in [-0.2, 0) is 0 Å². The molecule has 100 valence electrons. The number of pyridine rings is 1. The normalized spacial score (nSPS) is 15.4. The first-order valence-corrected chi connectivity index (χ1v) is 6.89. The summed E-state index contributed by atoms with van der Waals surface area (Å²) in [6, 6.07) is 1.88. The predicted octanol–water partition coefficient (Wildman–Crippen LogP) is 3.07. The zero-order valence-electron chi connectivity index (χ0n) is 10.8. The van der Waals surface area contributed by atoms with Gasteiger partial charge in [-0.2, -0.15) is 0 Å². The number of aromatic amines is 3. The van der Waals surface area contributed by atoms with Crippen molar-refractivity contribution in [3.05, 3.63) is 28.8 Å². The fourth-order valence-corrected chi connectivity index (χ4v) is 2.56. The minimum absolute atomic E-state index is 0.134. The number of hydrogen-bond donors (Lipinski definition) is 3. The third-order valence-corrected chi connectivity index (χ3v) is 3.63. The minimum atomic E-state index is -0.134. The Morgan fingerprint density at radius 3 is 2.32 bits per heavy atom. The molecule has 1 saturated carbocycles. The number of nitrogens with zero attached hydrogens (tertiary/aromatic N) is 1. The van der Waals surface area contributed by atoms with Gasteiger partial charge in [-0.15, -0.1) is 0 Å². The Hall–Kier alpha value is -2.04. The molecule has 0 atom stereocenters. The largest absolute Gasteiger partial charge is 0.346 e. The molecule has 0 unspecified atom stereocenters. The van der Waals surface area contributed by atoms with Gasteiger partial charge in [0.15, 0.2) is 0 Å². The predicted molar refractivity (Wildman–Crippen MR) is 76.3 cm³/mol. The summed E-state index contributed by atoms with van der Waals surface area (Å²) in [6.45, 7) is 0. The van der Waals surface area contributed by atoms with Crippen LogP contribution in [-0.4, -0.2) is 20.2 Å². The fourth-order valence-electron chi connectivity index (χ4n) is 2.56. The molecule has 5 heteroatoms. The Morgan fingerprint density at radius 2 is 1.63 bits per heavy atom. The number of rotatable bonds is 0. The zero-order chi connectivity index (χ0) is 13.1. The molecule has 1 aliphatic carbocycles. The van der Waals surface area contributed by atoms with Gasteiger partial charge in [-0.25, -0.2) is 4.98 Å². The first kappa shape index (κ1) is 12.0. The van der Waals surface area contributed by atoms with Gasteiger partial charge in [0.1, 0.15) is 5.65 Å². The highest BCUT2D eigenvalue weighted by Crippen LogP contribution is 2.17. The Labute approximate surface area is 110 Å². The monoisotopic (exact) mass is 258 g/mol. The Kier molecular flexibility index (Phi) is 3.35. The maximum absolute atomic E-state index is 11.2. The van der Waals surface area contributed by atoms with Gasteiger partial charge in [-0.3, -0.25) is 15.0 Å². The molecule has 0 bridgehead atoms. The lowest BCUT2D eigenvalue weighted by Crippen LogP contribution is -1.97. The molecular formula is C14H18N4O. The molecule has 3 N–H and O–H groups in total. The first-order chi connectivity index (χ1) is 9.36. The molecule has 3 heterocycles. The van der Waals surface area contributed by atoms with Crippen LogP contribution < -0.4 is 5.56 Å². The topological polar surface area (TPSA) is 77.3 Å².